The van der Waals surface area contributed by atoms with Gasteiger partial charge in [0.1, 0.15) is 5.75 Å². The second-order valence-electron chi connectivity index (χ2n) is 15.6. The lowest BCUT2D eigenvalue weighted by atomic mass is 9.69. The van der Waals surface area contributed by atoms with Gasteiger partial charge in [0, 0.05) is 13.0 Å². The van der Waals surface area contributed by atoms with Gasteiger partial charge in [-0.2, -0.15) is 0 Å². The molecule has 2 amide bonds. The highest BCUT2D eigenvalue weighted by molar-refractivity contribution is 6.99. The van der Waals surface area contributed by atoms with Crippen molar-refractivity contribution in [3.63, 3.8) is 0 Å². The molecule has 4 atom stereocenters. The van der Waals surface area contributed by atoms with Crippen molar-refractivity contribution < 1.29 is 23.9 Å². The summed E-state index contributed by atoms with van der Waals surface area (Å²) in [6.07, 6.45) is 6.30. The van der Waals surface area contributed by atoms with Crippen LogP contribution in [0, 0.1) is 31.6 Å². The van der Waals surface area contributed by atoms with Gasteiger partial charge in [0.2, 0.25) is 11.8 Å². The Morgan fingerprint density at radius 1 is 0.940 bits per heavy atom. The van der Waals surface area contributed by atoms with Crippen molar-refractivity contribution in [2.45, 2.75) is 84.8 Å². The zero-order valence-electron chi connectivity index (χ0n) is 30.8. The maximum atomic E-state index is 13.5. The van der Waals surface area contributed by atoms with E-state index in [1.807, 2.05) is 26.0 Å². The molecule has 2 aliphatic heterocycles. The van der Waals surface area contributed by atoms with Crippen LogP contribution in [0.15, 0.2) is 89.5 Å². The molecule has 0 radical (unpaired) electrons. The van der Waals surface area contributed by atoms with Gasteiger partial charge in [-0.05, 0) is 94.9 Å². The van der Waals surface area contributed by atoms with Gasteiger partial charge in [0.15, 0.2) is 0 Å². The van der Waals surface area contributed by atoms with Crippen molar-refractivity contribution in [1.82, 2.24) is 4.90 Å². The molecule has 1 aliphatic carbocycles. The molecule has 264 valence electrons. The van der Waals surface area contributed by atoms with Crippen molar-refractivity contribution in [3.05, 3.63) is 106 Å². The number of ether oxygens (including phenoxy) is 1. The topological polar surface area (TPSA) is 76.1 Å². The highest BCUT2D eigenvalue weighted by Gasteiger charge is 2.57. The van der Waals surface area contributed by atoms with Crippen molar-refractivity contribution in [3.8, 4) is 5.75 Å². The highest BCUT2D eigenvalue weighted by Crippen LogP contribution is 2.50. The van der Waals surface area contributed by atoms with Gasteiger partial charge in [-0.3, -0.25) is 14.5 Å². The predicted octanol–water partition coefficient (Wildman–Crippen LogP) is 7.50. The minimum atomic E-state index is -2.84. The van der Waals surface area contributed by atoms with E-state index in [0.29, 0.717) is 25.4 Å². The first-order valence-corrected chi connectivity index (χ1v) is 20.2. The lowest BCUT2D eigenvalue weighted by Gasteiger charge is -2.44. The number of hydrogen-bond acceptors (Lipinski definition) is 5. The number of aromatic hydroxyl groups is 1. The van der Waals surface area contributed by atoms with Crippen LogP contribution in [0.5, 0.6) is 5.75 Å². The van der Waals surface area contributed by atoms with Gasteiger partial charge < -0.3 is 14.3 Å². The molecule has 2 saturated heterocycles. The molecule has 0 aromatic heterocycles. The number of carbonyl (C=O) groups is 2. The molecule has 3 aromatic carbocycles. The molecule has 0 spiro atoms. The fourth-order valence-corrected chi connectivity index (χ4v) is 13.5. The molecule has 0 saturated carbocycles. The normalized spacial score (nSPS) is 22.7. The number of phenols is 1. The Morgan fingerprint density at radius 2 is 1.54 bits per heavy atom. The van der Waals surface area contributed by atoms with E-state index in [9.17, 15) is 14.7 Å². The zero-order valence-corrected chi connectivity index (χ0v) is 31.8. The Bertz CT molecular complexity index is 1730. The second-order valence-corrected chi connectivity index (χ2v) is 19.9. The second kappa shape index (κ2) is 14.5. The molecule has 2 heterocycles. The molecule has 0 bridgehead atoms. The number of carbonyl (C=O) groups excluding carboxylic acids is 2. The Hall–Kier alpha value is -3.78. The number of aryl methyl sites for hydroxylation is 2. The quantitative estimate of drug-likeness (QED) is 0.128. The predicted molar refractivity (Wildman–Crippen MR) is 203 cm³/mol. The van der Waals surface area contributed by atoms with Crippen LogP contribution in [0.4, 0.5) is 0 Å². The summed E-state index contributed by atoms with van der Waals surface area (Å²) in [6.45, 7) is 13.8. The number of imide groups is 1. The average Bonchev–Trinajstić information content (AvgIpc) is 3.61. The summed E-state index contributed by atoms with van der Waals surface area (Å²) in [7, 11) is -1.22. The zero-order chi connectivity index (χ0) is 35.8. The van der Waals surface area contributed by atoms with E-state index in [-0.39, 0.29) is 40.7 Å². The number of nitrogens with zero attached hydrogens (tertiary/aromatic N) is 1. The van der Waals surface area contributed by atoms with Gasteiger partial charge in [-0.1, -0.05) is 106 Å². The van der Waals surface area contributed by atoms with Crippen molar-refractivity contribution >= 4 is 36.6 Å². The number of benzene rings is 3. The Balaban J connectivity index is 1.38. The monoisotopic (exact) mass is 691 g/mol. The number of rotatable bonds is 11. The molecule has 1 N–H and O–H groups in total. The van der Waals surface area contributed by atoms with Gasteiger partial charge >= 0.3 is 0 Å². The third-order valence-corrected chi connectivity index (χ3v) is 16.3. The summed E-state index contributed by atoms with van der Waals surface area (Å²) in [4.78, 5) is 28.4. The third-order valence-electron chi connectivity index (χ3n) is 11.3. The molecule has 0 unspecified atom stereocenters. The number of allylic oxidation sites excluding steroid dienone is 1. The fraction of sp³-hybridized carbons (Fsp3) is 0.442. The van der Waals surface area contributed by atoms with E-state index in [1.165, 1.54) is 26.4 Å². The van der Waals surface area contributed by atoms with E-state index < -0.39 is 8.32 Å². The van der Waals surface area contributed by atoms with Gasteiger partial charge in [-0.25, -0.2) is 0 Å². The third kappa shape index (κ3) is 6.56. The van der Waals surface area contributed by atoms with Crippen molar-refractivity contribution in [1.29, 1.82) is 0 Å². The van der Waals surface area contributed by atoms with E-state index in [4.69, 9.17) is 9.16 Å². The number of fused-ring (bicyclic) bond motifs is 3. The minimum absolute atomic E-state index is 0.0802. The summed E-state index contributed by atoms with van der Waals surface area (Å²) in [6, 6.07) is 25.4. The Morgan fingerprint density at radius 3 is 2.10 bits per heavy atom. The largest absolute Gasteiger partial charge is 0.507 e. The fourth-order valence-electron chi connectivity index (χ4n) is 8.94. The Labute approximate surface area is 299 Å². The van der Waals surface area contributed by atoms with Gasteiger partial charge in [-0.15, -0.1) is 0 Å². The molecule has 2 fully saturated rings. The maximum absolute atomic E-state index is 13.5. The summed E-state index contributed by atoms with van der Waals surface area (Å²) >= 11 is 0. The van der Waals surface area contributed by atoms with Crippen LogP contribution >= 0.6 is 0 Å². The van der Waals surface area contributed by atoms with Crippen LogP contribution in [-0.2, 0) is 18.8 Å². The number of likely N-dealkylation sites (tertiary alicyclic amines) is 1. The van der Waals surface area contributed by atoms with E-state index >= 15 is 0 Å². The van der Waals surface area contributed by atoms with E-state index in [1.54, 1.807) is 7.05 Å². The smallest absolute Gasteiger partial charge is 0.261 e. The first-order valence-electron chi connectivity index (χ1n) is 18.3. The molecular weight excluding hydrogens is 639 g/mol. The first kappa shape index (κ1) is 36.0. The van der Waals surface area contributed by atoms with Crippen molar-refractivity contribution in [2.24, 2.45) is 17.8 Å². The van der Waals surface area contributed by atoms with Crippen LogP contribution in [0.2, 0.25) is 5.04 Å². The maximum Gasteiger partial charge on any atom is 0.261 e. The SMILES string of the molecule is CCC/C(=C\c1cc(C)c(O)c(C)c1)CC[C@H]1OC[C@H]2C1=C(CO[Si](c1ccccc1)(c1ccccc1)C(C)(C)C)C[C@H]1C(=O)N(C)C(=O)[C@H]12. The molecule has 7 heteroatoms. The summed E-state index contributed by atoms with van der Waals surface area (Å²) in [5, 5.41) is 12.6. The first-order chi connectivity index (χ1) is 23.9. The molecule has 3 aromatic rings. The van der Waals surface area contributed by atoms with Crippen LogP contribution in [-0.4, -0.2) is 56.5 Å². The molecular formula is C43H53NO5Si. The number of phenolic OH excluding ortho intramolecular Hbond substituents is 1. The summed E-state index contributed by atoms with van der Waals surface area (Å²) in [5.41, 5.74) is 6.52. The molecule has 6 rings (SSSR count). The summed E-state index contributed by atoms with van der Waals surface area (Å²) < 4.78 is 14.1. The standard InChI is InChI=1S/C43H53NO5Si/c1-8-15-30(24-31-22-28(2)40(45)29(3)23-31)20-21-37-38-32(25-35-39(36(38)27-48-37)42(47)44(7)41(35)46)26-49-50(43(4,5)6,33-16-11-9-12-17-33)34-18-13-10-14-19-34/h9-14,16-19,22-24,35-37,39,45H,8,15,20-21,25-27H2,1-7H3/b30-24+/t35-,36+,37-,39-/m1/s1. The van der Waals surface area contributed by atoms with Crippen LogP contribution in [0.3, 0.4) is 0 Å². The van der Waals surface area contributed by atoms with E-state index in [0.717, 1.165) is 47.9 Å². The van der Waals surface area contributed by atoms with Crippen LogP contribution < -0.4 is 10.4 Å². The van der Waals surface area contributed by atoms with Crippen LogP contribution in [0.25, 0.3) is 6.08 Å². The van der Waals surface area contributed by atoms with Crippen LogP contribution in [0.1, 0.15) is 76.5 Å². The lowest BCUT2D eigenvalue weighted by Crippen LogP contribution is -2.66. The highest BCUT2D eigenvalue weighted by atomic mass is 28.4. The average molecular weight is 692 g/mol. The number of amides is 2. The van der Waals surface area contributed by atoms with Crippen molar-refractivity contribution in [2.75, 3.05) is 20.3 Å². The molecule has 50 heavy (non-hydrogen) atoms. The van der Waals surface area contributed by atoms with Gasteiger partial charge in [0.05, 0.1) is 31.2 Å². The van der Waals surface area contributed by atoms with E-state index in [2.05, 4.69) is 94.4 Å². The number of hydrogen-bond donors (Lipinski definition) is 1. The molecule has 6 nitrogen and oxygen atoms in total. The lowest BCUT2D eigenvalue weighted by molar-refractivity contribution is -0.138. The Kier molecular flexibility index (Phi) is 10.4. The molecule has 3 aliphatic rings. The summed E-state index contributed by atoms with van der Waals surface area (Å²) in [5.74, 6) is -0.693. The van der Waals surface area contributed by atoms with Gasteiger partial charge in [0.25, 0.3) is 8.32 Å². The minimum Gasteiger partial charge on any atom is -0.507 e.